The Bertz CT molecular complexity index is 683. The number of hydrogen-bond acceptors (Lipinski definition) is 6. The molecule has 1 aromatic carbocycles. The summed E-state index contributed by atoms with van der Waals surface area (Å²) in [7, 11) is 0. The van der Waals surface area contributed by atoms with Crippen molar-refractivity contribution in [2.24, 2.45) is 10.4 Å². The second kappa shape index (κ2) is 7.26. The van der Waals surface area contributed by atoms with Crippen LogP contribution in [0.4, 0.5) is 13.2 Å². The van der Waals surface area contributed by atoms with Gasteiger partial charge < -0.3 is 14.6 Å². The SMILES string of the molecule is CC1(C(O)CN2C=N/C(=C/c3ccc(C(F)(F)F)cc3)N2)COCOC1. The third-order valence-electron chi connectivity index (χ3n) is 4.34. The summed E-state index contributed by atoms with van der Waals surface area (Å²) in [6.07, 6.45) is -1.93. The number of alkyl halides is 3. The van der Waals surface area contributed by atoms with E-state index in [-0.39, 0.29) is 13.3 Å². The van der Waals surface area contributed by atoms with Crippen molar-refractivity contribution in [2.75, 3.05) is 26.6 Å². The average molecular weight is 371 g/mol. The van der Waals surface area contributed by atoms with Crippen LogP contribution in [0.15, 0.2) is 35.1 Å². The Labute approximate surface area is 148 Å². The summed E-state index contributed by atoms with van der Waals surface area (Å²) in [5, 5.41) is 12.1. The number of rotatable bonds is 4. The maximum Gasteiger partial charge on any atom is 0.416 e. The number of ether oxygens (including phenoxy) is 2. The number of nitrogens with zero attached hydrogens (tertiary/aromatic N) is 2. The number of aliphatic hydroxyl groups is 1. The number of nitrogens with one attached hydrogen (secondary N) is 1. The van der Waals surface area contributed by atoms with Gasteiger partial charge in [-0.05, 0) is 23.8 Å². The normalized spacial score (nSPS) is 22.5. The van der Waals surface area contributed by atoms with Crippen LogP contribution in [0.3, 0.4) is 0 Å². The molecule has 0 aliphatic carbocycles. The fourth-order valence-corrected chi connectivity index (χ4v) is 2.67. The van der Waals surface area contributed by atoms with Crippen LogP contribution >= 0.6 is 0 Å². The molecule has 0 saturated carbocycles. The van der Waals surface area contributed by atoms with Crippen molar-refractivity contribution in [3.05, 3.63) is 41.2 Å². The van der Waals surface area contributed by atoms with E-state index in [1.165, 1.54) is 18.5 Å². The summed E-state index contributed by atoms with van der Waals surface area (Å²) in [6.45, 7) is 3.16. The maximum absolute atomic E-state index is 12.6. The zero-order valence-corrected chi connectivity index (χ0v) is 14.2. The van der Waals surface area contributed by atoms with Crippen LogP contribution in [0.25, 0.3) is 6.08 Å². The third kappa shape index (κ3) is 4.35. The fraction of sp³-hybridized carbons (Fsp3) is 0.471. The van der Waals surface area contributed by atoms with Crippen molar-refractivity contribution < 1.29 is 27.8 Å². The first kappa shape index (κ1) is 18.7. The first-order chi connectivity index (χ1) is 12.3. The van der Waals surface area contributed by atoms with Crippen LogP contribution in [-0.4, -0.2) is 49.1 Å². The van der Waals surface area contributed by atoms with Gasteiger partial charge in [-0.3, -0.25) is 10.4 Å². The molecule has 0 bridgehead atoms. The summed E-state index contributed by atoms with van der Waals surface area (Å²) in [6, 6.07) is 4.80. The van der Waals surface area contributed by atoms with Crippen LogP contribution in [-0.2, 0) is 15.7 Å². The number of β-amino-alcohol motifs (C(OH)–C–C–N with tert-alkyl or cyclic N) is 1. The highest BCUT2D eigenvalue weighted by atomic mass is 19.4. The molecule has 1 aromatic rings. The first-order valence-electron chi connectivity index (χ1n) is 8.06. The molecule has 1 unspecified atom stereocenters. The van der Waals surface area contributed by atoms with Gasteiger partial charge in [-0.1, -0.05) is 19.1 Å². The van der Waals surface area contributed by atoms with Gasteiger partial charge >= 0.3 is 6.18 Å². The lowest BCUT2D eigenvalue weighted by atomic mass is 9.85. The summed E-state index contributed by atoms with van der Waals surface area (Å²) in [4.78, 5) is 4.16. The van der Waals surface area contributed by atoms with Crippen molar-refractivity contribution >= 4 is 12.4 Å². The Morgan fingerprint density at radius 1 is 1.31 bits per heavy atom. The Kier molecular flexibility index (Phi) is 5.22. The monoisotopic (exact) mass is 371 g/mol. The summed E-state index contributed by atoms with van der Waals surface area (Å²) in [5.41, 5.74) is 2.35. The van der Waals surface area contributed by atoms with E-state index in [1.807, 2.05) is 6.92 Å². The van der Waals surface area contributed by atoms with Crippen LogP contribution in [0.1, 0.15) is 18.1 Å². The van der Waals surface area contributed by atoms with Gasteiger partial charge in [-0.25, -0.2) is 4.99 Å². The lowest BCUT2D eigenvalue weighted by molar-refractivity contribution is -0.190. The molecule has 2 heterocycles. The lowest BCUT2D eigenvalue weighted by Crippen LogP contribution is -2.50. The van der Waals surface area contributed by atoms with E-state index in [1.54, 1.807) is 11.1 Å². The van der Waals surface area contributed by atoms with Crippen molar-refractivity contribution in [1.82, 2.24) is 10.4 Å². The molecule has 142 valence electrons. The molecular weight excluding hydrogens is 351 g/mol. The van der Waals surface area contributed by atoms with Crippen molar-refractivity contribution in [3.63, 3.8) is 0 Å². The molecule has 0 spiro atoms. The Morgan fingerprint density at radius 3 is 2.58 bits per heavy atom. The molecule has 2 N–H and O–H groups in total. The van der Waals surface area contributed by atoms with Gasteiger partial charge in [0.05, 0.1) is 31.4 Å². The molecule has 0 aromatic heterocycles. The molecule has 0 radical (unpaired) electrons. The number of halogens is 3. The first-order valence-corrected chi connectivity index (χ1v) is 8.06. The highest BCUT2D eigenvalue weighted by Crippen LogP contribution is 2.29. The van der Waals surface area contributed by atoms with E-state index < -0.39 is 23.3 Å². The molecule has 2 aliphatic heterocycles. The topological polar surface area (TPSA) is 66.3 Å². The Hall–Kier alpha value is -2.10. The maximum atomic E-state index is 12.6. The number of aliphatic imine (C=N–C) groups is 1. The number of benzene rings is 1. The smallest absolute Gasteiger partial charge is 0.390 e. The molecule has 2 aliphatic rings. The van der Waals surface area contributed by atoms with Crippen molar-refractivity contribution in [2.45, 2.75) is 19.2 Å². The quantitative estimate of drug-likeness (QED) is 0.850. The lowest BCUT2D eigenvalue weighted by Gasteiger charge is -2.38. The zero-order valence-electron chi connectivity index (χ0n) is 14.2. The second-order valence-electron chi connectivity index (χ2n) is 6.64. The molecule has 0 amide bonds. The number of hydrogen-bond donors (Lipinski definition) is 2. The standard InChI is InChI=1S/C17H20F3N3O3/c1-16(8-25-11-26-9-16)14(24)7-23-10-21-15(22-23)6-12-2-4-13(5-3-12)17(18,19)20/h2-6,10,14,22,24H,7-9,11H2,1H3/b15-6-. The summed E-state index contributed by atoms with van der Waals surface area (Å²) >= 11 is 0. The van der Waals surface area contributed by atoms with Gasteiger partial charge in [0.25, 0.3) is 0 Å². The molecule has 9 heteroatoms. The van der Waals surface area contributed by atoms with Gasteiger partial charge in [-0.15, -0.1) is 0 Å². The molecular formula is C17H20F3N3O3. The molecule has 1 fully saturated rings. The number of aliphatic hydroxyl groups excluding tert-OH is 1. The van der Waals surface area contributed by atoms with Gasteiger partial charge in [-0.2, -0.15) is 13.2 Å². The fourth-order valence-electron chi connectivity index (χ4n) is 2.67. The highest BCUT2D eigenvalue weighted by molar-refractivity contribution is 5.64. The number of hydrazine groups is 1. The summed E-state index contributed by atoms with van der Waals surface area (Å²) in [5.74, 6) is 0.471. The minimum atomic E-state index is -4.36. The molecule has 3 rings (SSSR count). The highest BCUT2D eigenvalue weighted by Gasteiger charge is 2.37. The average Bonchev–Trinajstić information content (AvgIpc) is 3.02. The second-order valence-corrected chi connectivity index (χ2v) is 6.64. The van der Waals surface area contributed by atoms with Gasteiger partial charge in [0.1, 0.15) is 19.0 Å². The molecule has 6 nitrogen and oxygen atoms in total. The molecule has 1 atom stereocenters. The van der Waals surface area contributed by atoms with Crippen molar-refractivity contribution in [1.29, 1.82) is 0 Å². The van der Waals surface area contributed by atoms with Crippen molar-refractivity contribution in [3.8, 4) is 0 Å². The van der Waals surface area contributed by atoms with Crippen LogP contribution in [0.2, 0.25) is 0 Å². The predicted octanol–water partition coefficient (Wildman–Crippen LogP) is 2.22. The minimum Gasteiger partial charge on any atom is -0.390 e. The summed E-state index contributed by atoms with van der Waals surface area (Å²) < 4.78 is 48.3. The van der Waals surface area contributed by atoms with E-state index in [4.69, 9.17) is 9.47 Å². The van der Waals surface area contributed by atoms with E-state index in [9.17, 15) is 18.3 Å². The van der Waals surface area contributed by atoms with Crippen LogP contribution in [0, 0.1) is 5.41 Å². The Morgan fingerprint density at radius 2 is 1.96 bits per heavy atom. The van der Waals surface area contributed by atoms with E-state index >= 15 is 0 Å². The largest absolute Gasteiger partial charge is 0.416 e. The van der Waals surface area contributed by atoms with Gasteiger partial charge in [0, 0.05) is 5.41 Å². The Balaban J connectivity index is 1.58. The zero-order chi connectivity index (χ0) is 18.8. The van der Waals surface area contributed by atoms with Crippen LogP contribution in [0.5, 0.6) is 0 Å². The van der Waals surface area contributed by atoms with E-state index in [0.29, 0.717) is 24.6 Å². The van der Waals surface area contributed by atoms with E-state index in [0.717, 1.165) is 12.1 Å². The third-order valence-corrected chi connectivity index (χ3v) is 4.34. The predicted molar refractivity (Wildman–Crippen MR) is 88.6 cm³/mol. The molecule has 26 heavy (non-hydrogen) atoms. The van der Waals surface area contributed by atoms with Gasteiger partial charge in [0.2, 0.25) is 0 Å². The molecule has 1 saturated heterocycles. The van der Waals surface area contributed by atoms with Crippen LogP contribution < -0.4 is 5.43 Å². The van der Waals surface area contributed by atoms with E-state index in [2.05, 4.69) is 10.4 Å². The minimum absolute atomic E-state index is 0.228. The van der Waals surface area contributed by atoms with Gasteiger partial charge in [0.15, 0.2) is 0 Å².